The maximum Gasteiger partial charge on any atom is 0.250 e. The predicted octanol–water partition coefficient (Wildman–Crippen LogP) is 2.25. The number of rotatable bonds is 5. The highest BCUT2D eigenvalue weighted by molar-refractivity contribution is 6.17. The first-order chi connectivity index (χ1) is 4.98. The molecule has 0 rings (SSSR count). The van der Waals surface area contributed by atoms with Crippen LogP contribution in [-0.4, -0.2) is 24.4 Å². The average Bonchev–Trinajstić information content (AvgIpc) is 1.84. The van der Waals surface area contributed by atoms with Gasteiger partial charge >= 0.3 is 0 Å². The molecule has 1 N–H and O–H groups in total. The Morgan fingerprint density at radius 1 is 1.45 bits per heavy atom. The summed E-state index contributed by atoms with van der Waals surface area (Å²) in [5.41, 5.74) is -0.280. The van der Waals surface area contributed by atoms with Gasteiger partial charge in [-0.2, -0.15) is 0 Å². The molecule has 0 aliphatic heterocycles. The van der Waals surface area contributed by atoms with Crippen LogP contribution in [0.3, 0.4) is 0 Å². The van der Waals surface area contributed by atoms with Crippen LogP contribution in [0.5, 0.6) is 0 Å². The maximum atomic E-state index is 11.7. The van der Waals surface area contributed by atoms with E-state index in [1.165, 1.54) is 0 Å². The highest BCUT2D eigenvalue weighted by atomic mass is 35.5. The van der Waals surface area contributed by atoms with E-state index in [1.807, 2.05) is 13.8 Å². The van der Waals surface area contributed by atoms with Crippen molar-refractivity contribution < 1.29 is 8.78 Å². The van der Waals surface area contributed by atoms with E-state index >= 15 is 0 Å². The molecular weight excluding hydrogens is 172 g/mol. The van der Waals surface area contributed by atoms with Crippen molar-refractivity contribution >= 4 is 11.6 Å². The zero-order valence-electron chi connectivity index (χ0n) is 6.83. The molecule has 0 saturated heterocycles. The van der Waals surface area contributed by atoms with Crippen LogP contribution in [0.15, 0.2) is 0 Å². The quantitative estimate of drug-likeness (QED) is 0.648. The van der Waals surface area contributed by atoms with Gasteiger partial charge in [0.25, 0.3) is 6.43 Å². The molecule has 11 heavy (non-hydrogen) atoms. The molecule has 0 heterocycles. The Hall–Kier alpha value is 0.110. The van der Waals surface area contributed by atoms with Crippen molar-refractivity contribution in [3.63, 3.8) is 0 Å². The molecule has 0 bridgehead atoms. The molecule has 0 atom stereocenters. The van der Waals surface area contributed by atoms with Crippen molar-refractivity contribution in [2.45, 2.75) is 32.2 Å². The Balaban J connectivity index is 3.54. The molecule has 0 aromatic heterocycles. The molecule has 0 aromatic carbocycles. The second-order valence-electron chi connectivity index (χ2n) is 3.09. The van der Waals surface area contributed by atoms with Crippen molar-refractivity contribution in [3.8, 4) is 0 Å². The van der Waals surface area contributed by atoms with Gasteiger partial charge in [0.05, 0.1) is 6.54 Å². The van der Waals surface area contributed by atoms with Gasteiger partial charge in [-0.1, -0.05) is 0 Å². The van der Waals surface area contributed by atoms with Gasteiger partial charge in [-0.15, -0.1) is 11.6 Å². The van der Waals surface area contributed by atoms with E-state index in [0.717, 1.165) is 0 Å². The van der Waals surface area contributed by atoms with E-state index in [-0.39, 0.29) is 12.1 Å². The molecule has 0 aromatic rings. The first-order valence-corrected chi connectivity index (χ1v) is 4.10. The van der Waals surface area contributed by atoms with Gasteiger partial charge in [0.1, 0.15) is 0 Å². The van der Waals surface area contributed by atoms with Crippen molar-refractivity contribution in [1.82, 2.24) is 5.32 Å². The van der Waals surface area contributed by atoms with Gasteiger partial charge in [0, 0.05) is 11.4 Å². The minimum absolute atomic E-state index is 0.260. The van der Waals surface area contributed by atoms with E-state index in [2.05, 4.69) is 5.32 Å². The molecular formula is C7H14ClF2N. The predicted molar refractivity (Wildman–Crippen MR) is 43.4 cm³/mol. The van der Waals surface area contributed by atoms with E-state index in [1.54, 1.807) is 0 Å². The average molecular weight is 186 g/mol. The largest absolute Gasteiger partial charge is 0.306 e. The Bertz CT molecular complexity index is 107. The van der Waals surface area contributed by atoms with Crippen LogP contribution in [-0.2, 0) is 0 Å². The number of halogens is 3. The standard InChI is InChI=1S/C7H14ClF2N/c1-7(2,3-4-8)11-5-6(9)10/h6,11H,3-5H2,1-2H3. The molecule has 68 valence electrons. The van der Waals surface area contributed by atoms with E-state index in [9.17, 15) is 8.78 Å². The van der Waals surface area contributed by atoms with Gasteiger partial charge in [0.15, 0.2) is 0 Å². The lowest BCUT2D eigenvalue weighted by atomic mass is 10.0. The first kappa shape index (κ1) is 11.1. The Kier molecular flexibility index (Phi) is 4.93. The molecule has 0 aliphatic carbocycles. The topological polar surface area (TPSA) is 12.0 Å². The zero-order valence-corrected chi connectivity index (χ0v) is 7.59. The van der Waals surface area contributed by atoms with Gasteiger partial charge in [-0.3, -0.25) is 0 Å². The second-order valence-corrected chi connectivity index (χ2v) is 3.47. The highest BCUT2D eigenvalue weighted by Crippen LogP contribution is 2.09. The van der Waals surface area contributed by atoms with Gasteiger partial charge in [0.2, 0.25) is 0 Å². The van der Waals surface area contributed by atoms with Gasteiger partial charge < -0.3 is 5.32 Å². The molecule has 1 nitrogen and oxygen atoms in total. The summed E-state index contributed by atoms with van der Waals surface area (Å²) in [6, 6.07) is 0. The minimum Gasteiger partial charge on any atom is -0.306 e. The molecule has 0 saturated carbocycles. The summed E-state index contributed by atoms with van der Waals surface area (Å²) < 4.78 is 23.4. The van der Waals surface area contributed by atoms with Crippen molar-refractivity contribution in [2.24, 2.45) is 0 Å². The number of hydrogen-bond donors (Lipinski definition) is 1. The smallest absolute Gasteiger partial charge is 0.250 e. The third-order valence-corrected chi connectivity index (χ3v) is 1.64. The van der Waals surface area contributed by atoms with Crippen LogP contribution < -0.4 is 5.32 Å². The van der Waals surface area contributed by atoms with Crippen LogP contribution in [0, 0.1) is 0 Å². The van der Waals surface area contributed by atoms with Crippen LogP contribution in [0.1, 0.15) is 20.3 Å². The van der Waals surface area contributed by atoms with Gasteiger partial charge in [-0.05, 0) is 20.3 Å². The first-order valence-electron chi connectivity index (χ1n) is 3.57. The van der Waals surface area contributed by atoms with Crippen molar-refractivity contribution in [1.29, 1.82) is 0 Å². The molecule has 0 spiro atoms. The normalized spacial score (nSPS) is 12.5. The monoisotopic (exact) mass is 185 g/mol. The van der Waals surface area contributed by atoms with E-state index in [0.29, 0.717) is 12.3 Å². The number of nitrogens with one attached hydrogen (secondary N) is 1. The molecule has 0 aliphatic rings. The lowest BCUT2D eigenvalue weighted by Gasteiger charge is -2.24. The fourth-order valence-corrected chi connectivity index (χ4v) is 1.15. The molecule has 0 amide bonds. The summed E-state index contributed by atoms with van der Waals surface area (Å²) in [6.07, 6.45) is -1.59. The summed E-state index contributed by atoms with van der Waals surface area (Å²) in [6.45, 7) is 3.46. The summed E-state index contributed by atoms with van der Waals surface area (Å²) >= 11 is 5.47. The summed E-state index contributed by atoms with van der Waals surface area (Å²) in [7, 11) is 0. The molecule has 0 fully saturated rings. The van der Waals surface area contributed by atoms with Crippen LogP contribution in [0.25, 0.3) is 0 Å². The fourth-order valence-electron chi connectivity index (χ4n) is 0.678. The second kappa shape index (κ2) is 4.88. The highest BCUT2D eigenvalue weighted by Gasteiger charge is 2.17. The van der Waals surface area contributed by atoms with Crippen LogP contribution >= 0.6 is 11.6 Å². The SMILES string of the molecule is CC(C)(CCCl)NCC(F)F. The molecule has 0 unspecified atom stereocenters. The number of alkyl halides is 3. The maximum absolute atomic E-state index is 11.7. The third kappa shape index (κ3) is 6.51. The Morgan fingerprint density at radius 2 is 2.00 bits per heavy atom. The van der Waals surface area contributed by atoms with E-state index < -0.39 is 6.43 Å². The van der Waals surface area contributed by atoms with Crippen LogP contribution in [0.2, 0.25) is 0 Å². The lowest BCUT2D eigenvalue weighted by molar-refractivity contribution is 0.133. The van der Waals surface area contributed by atoms with Crippen LogP contribution in [0.4, 0.5) is 8.78 Å². The van der Waals surface area contributed by atoms with E-state index in [4.69, 9.17) is 11.6 Å². The Labute approximate surface area is 71.1 Å². The molecule has 4 heteroatoms. The fraction of sp³-hybridized carbons (Fsp3) is 1.00. The third-order valence-electron chi connectivity index (χ3n) is 1.45. The Morgan fingerprint density at radius 3 is 2.36 bits per heavy atom. The summed E-state index contributed by atoms with van der Waals surface area (Å²) in [5.74, 6) is 0.489. The summed E-state index contributed by atoms with van der Waals surface area (Å²) in [5, 5.41) is 2.72. The number of hydrogen-bond acceptors (Lipinski definition) is 1. The van der Waals surface area contributed by atoms with Crippen molar-refractivity contribution in [3.05, 3.63) is 0 Å². The van der Waals surface area contributed by atoms with Crippen molar-refractivity contribution in [2.75, 3.05) is 12.4 Å². The summed E-state index contributed by atoms with van der Waals surface area (Å²) in [4.78, 5) is 0. The van der Waals surface area contributed by atoms with Gasteiger partial charge in [-0.25, -0.2) is 8.78 Å². The minimum atomic E-state index is -2.29. The molecule has 0 radical (unpaired) electrons. The zero-order chi connectivity index (χ0) is 8.91. The lowest BCUT2D eigenvalue weighted by Crippen LogP contribution is -2.42.